The molecule has 1 aliphatic rings. The van der Waals surface area contributed by atoms with Crippen molar-refractivity contribution in [3.8, 4) is 11.3 Å². The Morgan fingerprint density at radius 2 is 1.86 bits per heavy atom. The molecule has 1 saturated heterocycles. The fraction of sp³-hybridized carbons (Fsp3) is 0.320. The predicted octanol–water partition coefficient (Wildman–Crippen LogP) is 3.93. The molecule has 192 valence electrons. The average molecular weight is 521 g/mol. The lowest BCUT2D eigenvalue weighted by Crippen LogP contribution is -2.37. The van der Waals surface area contributed by atoms with Crippen molar-refractivity contribution in [3.05, 3.63) is 82.1 Å². The Morgan fingerprint density at radius 1 is 1.06 bits per heavy atom. The van der Waals surface area contributed by atoms with Crippen LogP contribution in [0.3, 0.4) is 0 Å². The second-order valence-corrected chi connectivity index (χ2v) is 8.11. The normalized spacial score (nSPS) is 13.6. The van der Waals surface area contributed by atoms with E-state index in [0.717, 1.165) is 51.4 Å². The van der Waals surface area contributed by atoms with Gasteiger partial charge in [-0.25, -0.2) is 18.3 Å². The number of nitrogens with one attached hydrogen (secondary N) is 1. The molecule has 1 aromatic heterocycles. The Bertz CT molecular complexity index is 1230. The number of hydrogen-bond donors (Lipinski definition) is 1. The summed E-state index contributed by atoms with van der Waals surface area (Å²) in [6.45, 7) is 4.51. The van der Waals surface area contributed by atoms with Gasteiger partial charge in [-0.05, 0) is 48.4 Å². The van der Waals surface area contributed by atoms with E-state index in [2.05, 4.69) is 15.3 Å². The molecule has 0 spiro atoms. The number of morpholine rings is 1. The van der Waals surface area contributed by atoms with Crippen molar-refractivity contribution < 1.29 is 23.0 Å². The van der Waals surface area contributed by atoms with E-state index in [-0.39, 0.29) is 24.5 Å². The topological polar surface area (TPSA) is 85.7 Å². The fourth-order valence-corrected chi connectivity index (χ4v) is 3.72. The Hall–Kier alpha value is -3.34. The van der Waals surface area contributed by atoms with E-state index < -0.39 is 17.7 Å². The number of hydrogen-bond acceptors (Lipinski definition) is 6. The summed E-state index contributed by atoms with van der Waals surface area (Å²) < 4.78 is 38.6. The number of benzene rings is 2. The largest absolute Gasteiger partial charge is 0.449 e. The maximum Gasteiger partial charge on any atom is 0.411 e. The van der Waals surface area contributed by atoms with E-state index in [1.807, 2.05) is 0 Å². The second-order valence-electron chi connectivity index (χ2n) is 8.11. The Labute approximate surface area is 213 Å². The van der Waals surface area contributed by atoms with Gasteiger partial charge in [-0.15, -0.1) is 12.4 Å². The van der Waals surface area contributed by atoms with E-state index in [9.17, 15) is 18.4 Å². The SMILES string of the molecule is Cl.O=C(Nc1cccc(Cn2nc(-c3ccc(F)c(F)c3)ccc2=O)c1)OCCCN1CCOCC1. The standard InChI is InChI=1S/C25H26F2N4O4.ClH/c26-21-6-5-19(16-22(21)27)23-7-8-24(32)31(29-23)17-18-3-1-4-20(15-18)28-25(33)35-12-2-9-30-10-13-34-14-11-30;/h1,3-8,15-16H,2,9-14,17H2,(H,28,33);1H. The Kier molecular flexibility index (Phi) is 9.92. The molecule has 8 nitrogen and oxygen atoms in total. The molecule has 0 unspecified atom stereocenters. The number of carbonyl (C=O) groups is 1. The molecular weight excluding hydrogens is 494 g/mol. The average Bonchev–Trinajstić information content (AvgIpc) is 2.86. The molecule has 0 aliphatic carbocycles. The maximum absolute atomic E-state index is 13.6. The summed E-state index contributed by atoms with van der Waals surface area (Å²) in [5.74, 6) is -1.95. The van der Waals surface area contributed by atoms with Crippen LogP contribution in [0.1, 0.15) is 12.0 Å². The molecule has 0 saturated carbocycles. The van der Waals surface area contributed by atoms with Gasteiger partial charge in [-0.2, -0.15) is 5.10 Å². The quantitative estimate of drug-likeness (QED) is 0.453. The molecule has 2 heterocycles. The minimum atomic E-state index is -0.992. The molecule has 0 radical (unpaired) electrons. The van der Waals surface area contributed by atoms with Crippen LogP contribution in [0.5, 0.6) is 0 Å². The van der Waals surface area contributed by atoms with Gasteiger partial charge in [0.15, 0.2) is 11.6 Å². The molecule has 3 aromatic rings. The number of rotatable bonds is 8. The first kappa shape index (κ1) is 27.3. The van der Waals surface area contributed by atoms with Crippen molar-refractivity contribution in [3.63, 3.8) is 0 Å². The van der Waals surface area contributed by atoms with Gasteiger partial charge < -0.3 is 9.47 Å². The lowest BCUT2D eigenvalue weighted by molar-refractivity contribution is 0.0348. The van der Waals surface area contributed by atoms with Crippen LogP contribution >= 0.6 is 12.4 Å². The first-order chi connectivity index (χ1) is 17.0. The van der Waals surface area contributed by atoms with Gasteiger partial charge >= 0.3 is 6.09 Å². The van der Waals surface area contributed by atoms with Crippen LogP contribution in [0, 0.1) is 11.6 Å². The lowest BCUT2D eigenvalue weighted by Gasteiger charge is -2.26. The van der Waals surface area contributed by atoms with Crippen LogP contribution in [0.25, 0.3) is 11.3 Å². The molecule has 2 aromatic carbocycles. The van der Waals surface area contributed by atoms with E-state index in [4.69, 9.17) is 9.47 Å². The number of carbonyl (C=O) groups excluding carboxylic acids is 1. The van der Waals surface area contributed by atoms with E-state index in [1.165, 1.54) is 22.9 Å². The molecule has 11 heteroatoms. The molecule has 1 amide bonds. The van der Waals surface area contributed by atoms with Crippen LogP contribution in [0.2, 0.25) is 0 Å². The minimum absolute atomic E-state index is 0. The third-order valence-electron chi connectivity index (χ3n) is 5.54. The van der Waals surface area contributed by atoms with Crippen LogP contribution in [-0.2, 0) is 16.0 Å². The number of nitrogens with zero attached hydrogens (tertiary/aromatic N) is 3. The third-order valence-corrected chi connectivity index (χ3v) is 5.54. The second kappa shape index (κ2) is 13.1. The van der Waals surface area contributed by atoms with Crippen molar-refractivity contribution in [1.29, 1.82) is 0 Å². The monoisotopic (exact) mass is 520 g/mol. The number of ether oxygens (including phenoxy) is 2. The summed E-state index contributed by atoms with van der Waals surface area (Å²) in [6.07, 6.45) is 0.177. The van der Waals surface area contributed by atoms with Crippen LogP contribution in [0.15, 0.2) is 59.4 Å². The van der Waals surface area contributed by atoms with E-state index in [0.29, 0.717) is 29.1 Å². The van der Waals surface area contributed by atoms with Gasteiger partial charge in [0.25, 0.3) is 5.56 Å². The van der Waals surface area contributed by atoms with Crippen molar-refractivity contribution in [1.82, 2.24) is 14.7 Å². The van der Waals surface area contributed by atoms with Gasteiger partial charge in [0, 0.05) is 37.0 Å². The van der Waals surface area contributed by atoms with Gasteiger partial charge in [0.1, 0.15) is 0 Å². The van der Waals surface area contributed by atoms with Crippen LogP contribution < -0.4 is 10.9 Å². The summed E-state index contributed by atoms with van der Waals surface area (Å²) in [6, 6.07) is 13.2. The zero-order valence-corrected chi connectivity index (χ0v) is 20.3. The number of anilines is 1. The van der Waals surface area contributed by atoms with Crippen molar-refractivity contribution >= 4 is 24.2 Å². The summed E-state index contributed by atoms with van der Waals surface area (Å²) in [5.41, 5.74) is 1.56. The highest BCUT2D eigenvalue weighted by atomic mass is 35.5. The summed E-state index contributed by atoms with van der Waals surface area (Å²) in [7, 11) is 0. The fourth-order valence-electron chi connectivity index (χ4n) is 3.72. The molecule has 36 heavy (non-hydrogen) atoms. The van der Waals surface area contributed by atoms with Crippen LogP contribution in [-0.4, -0.2) is 60.2 Å². The molecule has 4 rings (SSSR count). The number of aromatic nitrogens is 2. The number of halogens is 3. The van der Waals surface area contributed by atoms with Crippen molar-refractivity contribution in [2.75, 3.05) is 44.8 Å². The summed E-state index contributed by atoms with van der Waals surface area (Å²) >= 11 is 0. The van der Waals surface area contributed by atoms with E-state index >= 15 is 0 Å². The Balaban J connectivity index is 0.00000361. The van der Waals surface area contributed by atoms with Crippen molar-refractivity contribution in [2.24, 2.45) is 0 Å². The van der Waals surface area contributed by atoms with Gasteiger partial charge in [-0.1, -0.05) is 12.1 Å². The summed E-state index contributed by atoms with van der Waals surface area (Å²) in [5, 5.41) is 6.97. The van der Waals surface area contributed by atoms with Crippen LogP contribution in [0.4, 0.5) is 19.3 Å². The minimum Gasteiger partial charge on any atom is -0.449 e. The highest BCUT2D eigenvalue weighted by molar-refractivity contribution is 5.85. The molecule has 0 bridgehead atoms. The lowest BCUT2D eigenvalue weighted by atomic mass is 10.1. The zero-order chi connectivity index (χ0) is 24.6. The number of amides is 1. The van der Waals surface area contributed by atoms with E-state index in [1.54, 1.807) is 24.3 Å². The van der Waals surface area contributed by atoms with Gasteiger partial charge in [0.05, 0.1) is 32.1 Å². The molecule has 1 fully saturated rings. The zero-order valence-electron chi connectivity index (χ0n) is 19.5. The maximum atomic E-state index is 13.6. The Morgan fingerprint density at radius 3 is 2.64 bits per heavy atom. The first-order valence-corrected chi connectivity index (χ1v) is 11.3. The van der Waals surface area contributed by atoms with Gasteiger partial charge in [-0.3, -0.25) is 15.0 Å². The van der Waals surface area contributed by atoms with Crippen molar-refractivity contribution in [2.45, 2.75) is 13.0 Å². The predicted molar refractivity (Wildman–Crippen MR) is 133 cm³/mol. The smallest absolute Gasteiger partial charge is 0.411 e. The highest BCUT2D eigenvalue weighted by Crippen LogP contribution is 2.19. The highest BCUT2D eigenvalue weighted by Gasteiger charge is 2.11. The van der Waals surface area contributed by atoms with Gasteiger partial charge in [0.2, 0.25) is 0 Å². The molecule has 1 N–H and O–H groups in total. The molecular formula is C25H27ClF2N4O4. The summed E-state index contributed by atoms with van der Waals surface area (Å²) in [4.78, 5) is 26.7. The molecule has 0 atom stereocenters. The third kappa shape index (κ3) is 7.58. The first-order valence-electron chi connectivity index (χ1n) is 11.3. The molecule has 1 aliphatic heterocycles.